The fourth-order valence-electron chi connectivity index (χ4n) is 2.19. The van der Waals surface area contributed by atoms with Crippen molar-refractivity contribution in [3.05, 3.63) is 71.0 Å². The van der Waals surface area contributed by atoms with Gasteiger partial charge in [-0.1, -0.05) is 11.6 Å². The van der Waals surface area contributed by atoms with Crippen LogP contribution in [0.4, 0.5) is 8.78 Å². The summed E-state index contributed by atoms with van der Waals surface area (Å²) in [5, 5.41) is 8.96. The molecule has 0 saturated heterocycles. The molecule has 0 aliphatic heterocycles. The lowest BCUT2D eigenvalue weighted by molar-refractivity contribution is -0.136. The number of benzene rings is 1. The number of carbonyl (C=O) groups is 1. The monoisotopic (exact) mass is 376 g/mol. The first kappa shape index (κ1) is 17.8. The van der Waals surface area contributed by atoms with Gasteiger partial charge in [0, 0.05) is 11.8 Å². The number of hydrogen-bond donors (Lipinski definition) is 1. The molecule has 0 saturated carbocycles. The van der Waals surface area contributed by atoms with Crippen LogP contribution >= 0.6 is 11.6 Å². The van der Waals surface area contributed by atoms with Gasteiger partial charge in [-0.3, -0.25) is 4.79 Å². The summed E-state index contributed by atoms with van der Waals surface area (Å²) in [5.41, 5.74) is 0.876. The Kier molecular flexibility index (Phi) is 5.09. The Hall–Kier alpha value is -3.06. The van der Waals surface area contributed by atoms with Gasteiger partial charge in [-0.15, -0.1) is 0 Å². The van der Waals surface area contributed by atoms with Crippen LogP contribution in [0.25, 0.3) is 11.3 Å². The third-order valence-corrected chi connectivity index (χ3v) is 3.58. The Bertz CT molecular complexity index is 965. The first-order valence-corrected chi connectivity index (χ1v) is 7.77. The number of ether oxygens (including phenoxy) is 1. The minimum Gasteiger partial charge on any atom is -0.481 e. The molecule has 1 aromatic carbocycles. The zero-order chi connectivity index (χ0) is 18.7. The SMILES string of the molecule is O=C(O)Cc1nc(-c2ccc(Oc3ncc(Cl)cc3F)cc2)ccc1F. The number of nitrogens with zero attached hydrogens (tertiary/aromatic N) is 2. The summed E-state index contributed by atoms with van der Waals surface area (Å²) in [6, 6.07) is 10.1. The van der Waals surface area contributed by atoms with Gasteiger partial charge in [0.2, 0.25) is 0 Å². The predicted octanol–water partition coefficient (Wildman–Crippen LogP) is 4.49. The van der Waals surface area contributed by atoms with Crippen molar-refractivity contribution in [1.29, 1.82) is 0 Å². The van der Waals surface area contributed by atoms with Crippen LogP contribution in [-0.4, -0.2) is 21.0 Å². The molecule has 0 unspecified atom stereocenters. The minimum absolute atomic E-state index is 0.150. The van der Waals surface area contributed by atoms with Crippen LogP contribution in [0.1, 0.15) is 5.69 Å². The average Bonchev–Trinajstić information content (AvgIpc) is 2.60. The van der Waals surface area contributed by atoms with Gasteiger partial charge in [-0.25, -0.2) is 18.7 Å². The first-order valence-electron chi connectivity index (χ1n) is 7.39. The van der Waals surface area contributed by atoms with Crippen LogP contribution in [0.5, 0.6) is 11.6 Å². The molecule has 132 valence electrons. The number of aliphatic carboxylic acids is 1. The summed E-state index contributed by atoms with van der Waals surface area (Å²) in [6.07, 6.45) is 0.753. The molecule has 0 aliphatic rings. The van der Waals surface area contributed by atoms with Crippen LogP contribution in [-0.2, 0) is 11.2 Å². The van der Waals surface area contributed by atoms with E-state index < -0.39 is 24.0 Å². The lowest BCUT2D eigenvalue weighted by Gasteiger charge is -2.08. The average molecular weight is 377 g/mol. The van der Waals surface area contributed by atoms with E-state index in [0.717, 1.165) is 12.1 Å². The standard InChI is InChI=1S/C18H11ClF2N2O3/c19-11-7-14(21)18(22-9-11)26-12-3-1-10(2-4-12)15-6-5-13(20)16(23-15)8-17(24)25/h1-7,9H,8H2,(H,24,25). The lowest BCUT2D eigenvalue weighted by atomic mass is 10.1. The molecule has 26 heavy (non-hydrogen) atoms. The highest BCUT2D eigenvalue weighted by molar-refractivity contribution is 6.30. The normalized spacial score (nSPS) is 10.6. The number of carboxylic acids is 1. The molecule has 8 heteroatoms. The molecule has 0 aliphatic carbocycles. The van der Waals surface area contributed by atoms with Crippen molar-refractivity contribution < 1.29 is 23.4 Å². The molecule has 2 heterocycles. The predicted molar refractivity (Wildman–Crippen MR) is 90.2 cm³/mol. The maximum atomic E-state index is 13.7. The molecule has 3 aromatic rings. The zero-order valence-electron chi connectivity index (χ0n) is 13.1. The third kappa shape index (κ3) is 4.12. The van der Waals surface area contributed by atoms with E-state index in [-0.39, 0.29) is 16.6 Å². The van der Waals surface area contributed by atoms with Gasteiger partial charge in [0.1, 0.15) is 11.6 Å². The van der Waals surface area contributed by atoms with E-state index in [9.17, 15) is 13.6 Å². The Morgan fingerprint density at radius 1 is 1.12 bits per heavy atom. The van der Waals surface area contributed by atoms with Crippen molar-refractivity contribution in [3.8, 4) is 22.9 Å². The molecular weight excluding hydrogens is 366 g/mol. The second kappa shape index (κ2) is 7.45. The fraction of sp³-hybridized carbons (Fsp3) is 0.0556. The van der Waals surface area contributed by atoms with E-state index in [0.29, 0.717) is 17.0 Å². The van der Waals surface area contributed by atoms with Crippen LogP contribution in [0.15, 0.2) is 48.7 Å². The highest BCUT2D eigenvalue weighted by atomic mass is 35.5. The van der Waals surface area contributed by atoms with Gasteiger partial charge in [0.25, 0.3) is 5.88 Å². The summed E-state index contributed by atoms with van der Waals surface area (Å²) in [6.45, 7) is 0. The first-order chi connectivity index (χ1) is 12.4. The van der Waals surface area contributed by atoms with Crippen molar-refractivity contribution >= 4 is 17.6 Å². The number of hydrogen-bond acceptors (Lipinski definition) is 4. The van der Waals surface area contributed by atoms with Gasteiger partial charge in [-0.05, 0) is 42.5 Å². The van der Waals surface area contributed by atoms with Crippen molar-refractivity contribution in [2.24, 2.45) is 0 Å². The summed E-state index contributed by atoms with van der Waals surface area (Å²) >= 11 is 5.64. The van der Waals surface area contributed by atoms with Crippen molar-refractivity contribution in [1.82, 2.24) is 9.97 Å². The maximum absolute atomic E-state index is 13.7. The molecule has 0 radical (unpaired) electrons. The van der Waals surface area contributed by atoms with E-state index in [1.165, 1.54) is 12.3 Å². The molecule has 3 rings (SSSR count). The van der Waals surface area contributed by atoms with Crippen molar-refractivity contribution in [2.75, 3.05) is 0 Å². The quantitative estimate of drug-likeness (QED) is 0.710. The zero-order valence-corrected chi connectivity index (χ0v) is 13.9. The Labute approximate surface area is 151 Å². The van der Waals surface area contributed by atoms with Gasteiger partial charge in [0.15, 0.2) is 5.82 Å². The van der Waals surface area contributed by atoms with Crippen LogP contribution in [0.3, 0.4) is 0 Å². The number of pyridine rings is 2. The third-order valence-electron chi connectivity index (χ3n) is 3.38. The van der Waals surface area contributed by atoms with Crippen molar-refractivity contribution in [3.63, 3.8) is 0 Å². The van der Waals surface area contributed by atoms with Crippen LogP contribution in [0, 0.1) is 11.6 Å². The summed E-state index contributed by atoms with van der Waals surface area (Å²) in [5.74, 6) is -2.43. The number of halogens is 3. The molecule has 0 atom stereocenters. The molecule has 0 spiro atoms. The second-order valence-corrected chi connectivity index (χ2v) is 5.70. The van der Waals surface area contributed by atoms with E-state index in [4.69, 9.17) is 21.4 Å². The van der Waals surface area contributed by atoms with E-state index in [1.807, 2.05) is 0 Å². The van der Waals surface area contributed by atoms with E-state index in [2.05, 4.69) is 9.97 Å². The summed E-state index contributed by atoms with van der Waals surface area (Å²) < 4.78 is 32.7. The number of rotatable bonds is 5. The molecule has 1 N–H and O–H groups in total. The Morgan fingerprint density at radius 2 is 1.85 bits per heavy atom. The highest BCUT2D eigenvalue weighted by Crippen LogP contribution is 2.27. The number of aromatic nitrogens is 2. The maximum Gasteiger partial charge on any atom is 0.309 e. The molecule has 0 amide bonds. The van der Waals surface area contributed by atoms with Crippen LogP contribution in [0.2, 0.25) is 5.02 Å². The Balaban J connectivity index is 1.82. The lowest BCUT2D eigenvalue weighted by Crippen LogP contribution is -2.05. The van der Waals surface area contributed by atoms with Gasteiger partial charge in [0.05, 0.1) is 22.8 Å². The molecule has 5 nitrogen and oxygen atoms in total. The van der Waals surface area contributed by atoms with E-state index >= 15 is 0 Å². The Morgan fingerprint density at radius 3 is 2.50 bits per heavy atom. The smallest absolute Gasteiger partial charge is 0.309 e. The second-order valence-electron chi connectivity index (χ2n) is 5.26. The molecule has 0 fully saturated rings. The summed E-state index contributed by atoms with van der Waals surface area (Å²) in [4.78, 5) is 18.6. The van der Waals surface area contributed by atoms with E-state index in [1.54, 1.807) is 24.3 Å². The number of carboxylic acid groups (broad SMARTS) is 1. The minimum atomic E-state index is -1.17. The fourth-order valence-corrected chi connectivity index (χ4v) is 2.34. The largest absolute Gasteiger partial charge is 0.481 e. The van der Waals surface area contributed by atoms with Gasteiger partial charge < -0.3 is 9.84 Å². The van der Waals surface area contributed by atoms with Gasteiger partial charge in [-0.2, -0.15) is 0 Å². The van der Waals surface area contributed by atoms with Crippen LogP contribution < -0.4 is 4.74 Å². The molecule has 2 aromatic heterocycles. The molecule has 0 bridgehead atoms. The molecular formula is C18H11ClF2N2O3. The summed E-state index contributed by atoms with van der Waals surface area (Å²) in [7, 11) is 0. The van der Waals surface area contributed by atoms with Crippen molar-refractivity contribution in [2.45, 2.75) is 6.42 Å². The topological polar surface area (TPSA) is 72.3 Å². The highest BCUT2D eigenvalue weighted by Gasteiger charge is 2.12. The van der Waals surface area contributed by atoms with Gasteiger partial charge >= 0.3 is 5.97 Å².